The summed E-state index contributed by atoms with van der Waals surface area (Å²) < 4.78 is 5.17. The largest absolute Gasteiger partial charge is 0.550 e. The van der Waals surface area contributed by atoms with Crippen LogP contribution in [-0.4, -0.2) is 13.1 Å². The van der Waals surface area contributed by atoms with Gasteiger partial charge in [0.2, 0.25) is 0 Å². The van der Waals surface area contributed by atoms with Crippen molar-refractivity contribution >= 4 is 5.97 Å². The quantitative estimate of drug-likeness (QED) is 0.926. The van der Waals surface area contributed by atoms with Crippen molar-refractivity contribution in [3.8, 4) is 5.75 Å². The van der Waals surface area contributed by atoms with E-state index in [0.717, 1.165) is 30.6 Å². The molecule has 0 aromatic heterocycles. The number of carboxylic acid groups (broad SMARTS) is 1. The minimum Gasteiger partial charge on any atom is -0.550 e. The van der Waals surface area contributed by atoms with E-state index in [0.29, 0.717) is 6.04 Å². The Balaban J connectivity index is 0.000000212. The monoisotopic (exact) mass is 341 g/mol. The first-order valence-corrected chi connectivity index (χ1v) is 8.76. The number of rotatable bonds is 4. The molecule has 1 aliphatic carbocycles. The number of hydrogen-bond donors (Lipinski definition) is 1. The normalized spacial score (nSPS) is 16.8. The van der Waals surface area contributed by atoms with Gasteiger partial charge in [-0.2, -0.15) is 0 Å². The minimum absolute atomic E-state index is 0.111. The number of benzene rings is 2. The number of aryl methyl sites for hydroxylation is 1. The second kappa shape index (κ2) is 9.23. The summed E-state index contributed by atoms with van der Waals surface area (Å²) in [6.45, 7) is 2.09. The summed E-state index contributed by atoms with van der Waals surface area (Å²) in [4.78, 5) is 10.7. The number of ether oxygens (including phenoxy) is 1. The number of quaternary nitrogens is 1. The van der Waals surface area contributed by atoms with Crippen molar-refractivity contribution in [1.82, 2.24) is 0 Å². The van der Waals surface area contributed by atoms with Gasteiger partial charge in [-0.1, -0.05) is 36.4 Å². The van der Waals surface area contributed by atoms with E-state index in [4.69, 9.17) is 4.74 Å². The minimum atomic E-state index is -0.964. The number of aliphatic carboxylic acids is 1. The summed E-state index contributed by atoms with van der Waals surface area (Å²) in [6.07, 6.45) is 3.11. The van der Waals surface area contributed by atoms with E-state index in [2.05, 4.69) is 24.8 Å². The van der Waals surface area contributed by atoms with Crippen LogP contribution in [0, 0.1) is 0 Å². The molecule has 1 aliphatic rings. The summed E-state index contributed by atoms with van der Waals surface area (Å²) in [6, 6.07) is 16.6. The van der Waals surface area contributed by atoms with E-state index in [-0.39, 0.29) is 12.3 Å². The van der Waals surface area contributed by atoms with Crippen molar-refractivity contribution in [3.63, 3.8) is 0 Å². The van der Waals surface area contributed by atoms with Crippen LogP contribution in [0.3, 0.4) is 0 Å². The van der Waals surface area contributed by atoms with Gasteiger partial charge in [0.1, 0.15) is 11.8 Å². The second-order valence-electron chi connectivity index (χ2n) is 6.54. The van der Waals surface area contributed by atoms with Gasteiger partial charge >= 0.3 is 0 Å². The third-order valence-electron chi connectivity index (χ3n) is 4.57. The molecule has 0 bridgehead atoms. The molecule has 0 heterocycles. The number of hydrogen-bond acceptors (Lipinski definition) is 3. The predicted octanol–water partition coefficient (Wildman–Crippen LogP) is 2.24. The average molecular weight is 341 g/mol. The number of carbonyl (C=O) groups excluding carboxylic acids is 1. The number of fused-ring (bicyclic) bond motifs is 1. The lowest BCUT2D eigenvalue weighted by atomic mass is 9.81. The third-order valence-corrected chi connectivity index (χ3v) is 4.57. The van der Waals surface area contributed by atoms with Crippen LogP contribution in [0.1, 0.15) is 54.8 Å². The fourth-order valence-electron chi connectivity index (χ4n) is 3.21. The molecule has 2 atom stereocenters. The molecule has 0 unspecified atom stereocenters. The summed E-state index contributed by atoms with van der Waals surface area (Å²) >= 11 is 0. The van der Waals surface area contributed by atoms with E-state index in [9.17, 15) is 9.90 Å². The molecule has 0 fully saturated rings. The highest BCUT2D eigenvalue weighted by Crippen LogP contribution is 2.35. The molecule has 0 saturated heterocycles. The molecule has 134 valence electrons. The molecule has 0 saturated carbocycles. The fraction of sp³-hybridized carbons (Fsp3) is 0.381. The molecule has 4 nitrogen and oxygen atoms in total. The highest BCUT2D eigenvalue weighted by molar-refractivity contribution is 5.66. The van der Waals surface area contributed by atoms with Gasteiger partial charge in [-0.3, -0.25) is 0 Å². The Kier molecular flexibility index (Phi) is 7.02. The standard InChI is InChI=1S/C13H16O3.C8H11N/c1-16-11-5-6-12-9(7-11)3-2-4-10(12)8-13(14)15;1-7(9)8-5-3-2-4-6-8/h5-7,10H,2-4,8H2,1H3,(H,14,15);2-7H,9H2,1H3/t10-;7-/m01/s1. The average Bonchev–Trinajstić information content (AvgIpc) is 2.62. The Bertz CT molecular complexity index is 683. The van der Waals surface area contributed by atoms with Crippen LogP contribution in [-0.2, 0) is 11.2 Å². The zero-order chi connectivity index (χ0) is 18.2. The van der Waals surface area contributed by atoms with Gasteiger partial charge in [-0.05, 0) is 61.8 Å². The van der Waals surface area contributed by atoms with Crippen LogP contribution in [0.5, 0.6) is 5.75 Å². The van der Waals surface area contributed by atoms with Gasteiger partial charge in [0.25, 0.3) is 0 Å². The van der Waals surface area contributed by atoms with Gasteiger partial charge in [0.15, 0.2) is 0 Å². The smallest absolute Gasteiger partial charge is 0.119 e. The molecule has 2 aromatic carbocycles. The summed E-state index contributed by atoms with van der Waals surface area (Å²) in [5.41, 5.74) is 7.58. The van der Waals surface area contributed by atoms with E-state index in [1.807, 2.05) is 36.4 Å². The highest BCUT2D eigenvalue weighted by atomic mass is 16.5. The molecule has 0 amide bonds. The first kappa shape index (κ1) is 19.0. The maximum Gasteiger partial charge on any atom is 0.119 e. The number of carboxylic acids is 1. The molecular weight excluding hydrogens is 314 g/mol. The molecule has 25 heavy (non-hydrogen) atoms. The van der Waals surface area contributed by atoms with Crippen molar-refractivity contribution in [2.75, 3.05) is 7.11 Å². The van der Waals surface area contributed by atoms with Crippen molar-refractivity contribution in [3.05, 3.63) is 65.2 Å². The van der Waals surface area contributed by atoms with Crippen molar-refractivity contribution in [1.29, 1.82) is 0 Å². The Morgan fingerprint density at radius 3 is 2.56 bits per heavy atom. The lowest BCUT2D eigenvalue weighted by Crippen LogP contribution is -2.51. The van der Waals surface area contributed by atoms with Crippen LogP contribution in [0.2, 0.25) is 0 Å². The third kappa shape index (κ3) is 5.61. The Labute approximate surface area is 149 Å². The van der Waals surface area contributed by atoms with Gasteiger partial charge in [-0.15, -0.1) is 0 Å². The lowest BCUT2D eigenvalue weighted by Gasteiger charge is -2.26. The molecule has 0 radical (unpaired) electrons. The van der Waals surface area contributed by atoms with E-state index >= 15 is 0 Å². The molecule has 4 heteroatoms. The van der Waals surface area contributed by atoms with Gasteiger partial charge in [-0.25, -0.2) is 0 Å². The summed E-state index contributed by atoms with van der Waals surface area (Å²) in [5, 5.41) is 10.7. The van der Waals surface area contributed by atoms with E-state index < -0.39 is 5.97 Å². The molecular formula is C21H27NO3. The number of carbonyl (C=O) groups is 1. The molecule has 0 spiro atoms. The maximum absolute atomic E-state index is 10.7. The second-order valence-corrected chi connectivity index (χ2v) is 6.54. The molecule has 3 N–H and O–H groups in total. The van der Waals surface area contributed by atoms with E-state index in [1.165, 1.54) is 11.1 Å². The first-order chi connectivity index (χ1) is 12.0. The number of methoxy groups -OCH3 is 1. The van der Waals surface area contributed by atoms with Crippen molar-refractivity contribution in [2.24, 2.45) is 0 Å². The Morgan fingerprint density at radius 2 is 2.00 bits per heavy atom. The zero-order valence-electron chi connectivity index (χ0n) is 15.0. The predicted molar refractivity (Wildman–Crippen MR) is 96.0 cm³/mol. The van der Waals surface area contributed by atoms with Crippen LogP contribution >= 0.6 is 0 Å². The Hall–Kier alpha value is -2.33. The van der Waals surface area contributed by atoms with Gasteiger partial charge in [0.05, 0.1) is 7.11 Å². The topological polar surface area (TPSA) is 77.0 Å². The zero-order valence-corrected chi connectivity index (χ0v) is 15.0. The van der Waals surface area contributed by atoms with Crippen LogP contribution in [0.25, 0.3) is 0 Å². The van der Waals surface area contributed by atoms with Crippen LogP contribution < -0.4 is 15.6 Å². The highest BCUT2D eigenvalue weighted by Gasteiger charge is 2.20. The first-order valence-electron chi connectivity index (χ1n) is 8.76. The van der Waals surface area contributed by atoms with Crippen LogP contribution in [0.15, 0.2) is 48.5 Å². The molecule has 3 rings (SSSR count). The molecule has 2 aromatic rings. The summed E-state index contributed by atoms with van der Waals surface area (Å²) in [5.74, 6) is -0.0128. The lowest BCUT2D eigenvalue weighted by molar-refractivity contribution is -0.420. The SMILES string of the molecule is COc1ccc2c(c1)CCC[C@H]2CC(=O)[O-].C[C@@H]([NH3+])c1ccccc1. The van der Waals surface area contributed by atoms with E-state index in [1.54, 1.807) is 7.11 Å². The van der Waals surface area contributed by atoms with Crippen molar-refractivity contribution < 1.29 is 20.4 Å². The van der Waals surface area contributed by atoms with Crippen molar-refractivity contribution in [2.45, 2.75) is 44.6 Å². The molecule has 0 aliphatic heterocycles. The fourth-order valence-corrected chi connectivity index (χ4v) is 3.21. The summed E-state index contributed by atoms with van der Waals surface area (Å²) in [7, 11) is 1.64. The van der Waals surface area contributed by atoms with Crippen LogP contribution in [0.4, 0.5) is 0 Å². The maximum atomic E-state index is 10.7. The van der Waals surface area contributed by atoms with Gasteiger partial charge < -0.3 is 20.4 Å². The van der Waals surface area contributed by atoms with Gasteiger partial charge in [0, 0.05) is 11.5 Å². The Morgan fingerprint density at radius 1 is 1.28 bits per heavy atom.